The molecule has 0 saturated heterocycles. The second-order valence-electron chi connectivity index (χ2n) is 6.25. The van der Waals surface area contributed by atoms with Gasteiger partial charge in [0.05, 0.1) is 12.1 Å². The fourth-order valence-corrected chi connectivity index (χ4v) is 2.78. The van der Waals surface area contributed by atoms with Gasteiger partial charge in [0.15, 0.2) is 5.96 Å². The van der Waals surface area contributed by atoms with Crippen molar-refractivity contribution in [3.8, 4) is 0 Å². The molecule has 1 heterocycles. The molecule has 0 spiro atoms. The Labute approximate surface area is 148 Å². The van der Waals surface area contributed by atoms with E-state index in [1.807, 2.05) is 30.3 Å². The minimum atomic E-state index is 0.407. The number of aromatic nitrogens is 1. The lowest BCUT2D eigenvalue weighted by Gasteiger charge is -2.11. The second kappa shape index (κ2) is 7.79. The van der Waals surface area contributed by atoms with E-state index in [9.17, 15) is 0 Å². The molecule has 0 fully saturated rings. The lowest BCUT2D eigenvalue weighted by atomic mass is 9.99. The predicted molar refractivity (Wildman–Crippen MR) is 106 cm³/mol. The van der Waals surface area contributed by atoms with Crippen molar-refractivity contribution in [1.29, 1.82) is 0 Å². The number of pyridine rings is 1. The molecule has 0 saturated carbocycles. The SMILES string of the molecule is CCC(C)c1ccc(NC(N)=NCc2cccc3cccnc23)cc1. The fourth-order valence-electron chi connectivity index (χ4n) is 2.78. The van der Waals surface area contributed by atoms with Gasteiger partial charge in [-0.05, 0) is 41.7 Å². The number of nitrogens with one attached hydrogen (secondary N) is 1. The maximum Gasteiger partial charge on any atom is 0.193 e. The predicted octanol–water partition coefficient (Wildman–Crippen LogP) is 4.68. The molecule has 25 heavy (non-hydrogen) atoms. The first kappa shape index (κ1) is 17.0. The number of guanidine groups is 1. The van der Waals surface area contributed by atoms with Crippen LogP contribution in [0, 0.1) is 0 Å². The first-order valence-electron chi connectivity index (χ1n) is 8.67. The van der Waals surface area contributed by atoms with E-state index in [0.29, 0.717) is 18.4 Å². The molecule has 1 aromatic heterocycles. The monoisotopic (exact) mass is 332 g/mol. The topological polar surface area (TPSA) is 63.3 Å². The highest BCUT2D eigenvalue weighted by Gasteiger charge is 2.04. The Morgan fingerprint density at radius 3 is 2.64 bits per heavy atom. The number of hydrogen-bond acceptors (Lipinski definition) is 2. The van der Waals surface area contributed by atoms with Crippen LogP contribution in [0.3, 0.4) is 0 Å². The van der Waals surface area contributed by atoms with Crippen molar-refractivity contribution in [2.45, 2.75) is 32.7 Å². The van der Waals surface area contributed by atoms with Crippen LogP contribution < -0.4 is 11.1 Å². The highest BCUT2D eigenvalue weighted by atomic mass is 15.1. The molecule has 0 amide bonds. The number of nitrogens with zero attached hydrogens (tertiary/aromatic N) is 2. The van der Waals surface area contributed by atoms with Crippen molar-refractivity contribution >= 4 is 22.5 Å². The molecule has 4 heteroatoms. The van der Waals surface area contributed by atoms with Crippen molar-refractivity contribution in [2.75, 3.05) is 5.32 Å². The Morgan fingerprint density at radius 2 is 1.88 bits per heavy atom. The summed E-state index contributed by atoms with van der Waals surface area (Å²) in [5.74, 6) is 0.975. The van der Waals surface area contributed by atoms with Gasteiger partial charge >= 0.3 is 0 Å². The average molecular weight is 332 g/mol. The van der Waals surface area contributed by atoms with Crippen molar-refractivity contribution in [3.05, 3.63) is 71.9 Å². The van der Waals surface area contributed by atoms with Crippen LogP contribution in [0.5, 0.6) is 0 Å². The van der Waals surface area contributed by atoms with Crippen LogP contribution in [0.1, 0.15) is 37.3 Å². The van der Waals surface area contributed by atoms with E-state index in [-0.39, 0.29) is 0 Å². The first-order valence-corrected chi connectivity index (χ1v) is 8.67. The van der Waals surface area contributed by atoms with Crippen molar-refractivity contribution in [2.24, 2.45) is 10.7 Å². The number of hydrogen-bond donors (Lipinski definition) is 2. The minimum absolute atomic E-state index is 0.407. The maximum absolute atomic E-state index is 6.04. The van der Waals surface area contributed by atoms with Gasteiger partial charge in [0.1, 0.15) is 0 Å². The zero-order valence-corrected chi connectivity index (χ0v) is 14.7. The van der Waals surface area contributed by atoms with Crippen LogP contribution in [0.4, 0.5) is 5.69 Å². The van der Waals surface area contributed by atoms with Gasteiger partial charge in [-0.2, -0.15) is 0 Å². The fraction of sp³-hybridized carbons (Fsp3) is 0.238. The zero-order chi connectivity index (χ0) is 17.6. The lowest BCUT2D eigenvalue weighted by Crippen LogP contribution is -2.22. The van der Waals surface area contributed by atoms with Gasteiger partial charge in [-0.1, -0.05) is 50.2 Å². The molecule has 3 aromatic rings. The molecule has 3 N–H and O–H groups in total. The standard InChI is InChI=1S/C21H24N4/c1-3-15(2)16-9-11-19(12-10-16)25-21(22)24-14-18-7-4-6-17-8-5-13-23-20(17)18/h4-13,15H,3,14H2,1-2H3,(H3,22,24,25). The van der Waals surface area contributed by atoms with Gasteiger partial charge in [0, 0.05) is 17.3 Å². The second-order valence-corrected chi connectivity index (χ2v) is 6.25. The quantitative estimate of drug-likeness (QED) is 0.527. The molecule has 1 unspecified atom stereocenters. The van der Waals surface area contributed by atoms with Crippen LogP contribution in [0.25, 0.3) is 10.9 Å². The smallest absolute Gasteiger partial charge is 0.193 e. The van der Waals surface area contributed by atoms with Crippen LogP contribution in [-0.2, 0) is 6.54 Å². The van der Waals surface area contributed by atoms with Gasteiger partial charge in [0.25, 0.3) is 0 Å². The van der Waals surface area contributed by atoms with E-state index in [1.54, 1.807) is 6.20 Å². The summed E-state index contributed by atoms with van der Waals surface area (Å²) in [5, 5.41) is 4.27. The number of fused-ring (bicyclic) bond motifs is 1. The third-order valence-corrected chi connectivity index (χ3v) is 4.50. The summed E-state index contributed by atoms with van der Waals surface area (Å²) in [6.45, 7) is 4.93. The molecule has 0 aliphatic heterocycles. The molecule has 1 atom stereocenters. The average Bonchev–Trinajstić information content (AvgIpc) is 2.66. The summed E-state index contributed by atoms with van der Waals surface area (Å²) in [4.78, 5) is 8.90. The van der Waals surface area contributed by atoms with E-state index in [0.717, 1.165) is 28.6 Å². The maximum atomic E-state index is 6.04. The summed E-state index contributed by atoms with van der Waals surface area (Å²) in [6, 6.07) is 18.5. The number of rotatable bonds is 5. The highest BCUT2D eigenvalue weighted by Crippen LogP contribution is 2.20. The number of anilines is 1. The lowest BCUT2D eigenvalue weighted by molar-refractivity contribution is 0.734. The molecule has 3 rings (SSSR count). The molecule has 128 valence electrons. The molecule has 0 aliphatic rings. The van der Waals surface area contributed by atoms with Gasteiger partial charge in [-0.25, -0.2) is 4.99 Å². The van der Waals surface area contributed by atoms with Crippen LogP contribution in [0.15, 0.2) is 65.8 Å². The van der Waals surface area contributed by atoms with Gasteiger partial charge in [-0.15, -0.1) is 0 Å². The molecule has 2 aromatic carbocycles. The molecular formula is C21H24N4. The Balaban J connectivity index is 1.69. The minimum Gasteiger partial charge on any atom is -0.370 e. The van der Waals surface area contributed by atoms with E-state index < -0.39 is 0 Å². The normalized spacial score (nSPS) is 13.0. The van der Waals surface area contributed by atoms with Gasteiger partial charge < -0.3 is 11.1 Å². The number of benzene rings is 2. The molecule has 0 aliphatic carbocycles. The number of aliphatic imine (C=N–C) groups is 1. The van der Waals surface area contributed by atoms with Crippen LogP contribution in [-0.4, -0.2) is 10.9 Å². The van der Waals surface area contributed by atoms with Gasteiger partial charge in [0.2, 0.25) is 0 Å². The Bertz CT molecular complexity index is 863. The van der Waals surface area contributed by atoms with E-state index >= 15 is 0 Å². The Morgan fingerprint density at radius 1 is 1.12 bits per heavy atom. The Kier molecular flexibility index (Phi) is 5.29. The highest BCUT2D eigenvalue weighted by molar-refractivity contribution is 5.92. The van der Waals surface area contributed by atoms with E-state index in [4.69, 9.17) is 5.73 Å². The molecular weight excluding hydrogens is 308 g/mol. The van der Waals surface area contributed by atoms with Crippen LogP contribution in [0.2, 0.25) is 0 Å². The zero-order valence-electron chi connectivity index (χ0n) is 14.7. The molecule has 4 nitrogen and oxygen atoms in total. The van der Waals surface area contributed by atoms with Gasteiger partial charge in [-0.3, -0.25) is 4.98 Å². The summed E-state index contributed by atoms with van der Waals surface area (Å²) < 4.78 is 0. The van der Waals surface area contributed by atoms with Crippen molar-refractivity contribution < 1.29 is 0 Å². The van der Waals surface area contributed by atoms with Crippen molar-refractivity contribution in [1.82, 2.24) is 4.98 Å². The van der Waals surface area contributed by atoms with Crippen molar-refractivity contribution in [3.63, 3.8) is 0 Å². The van der Waals surface area contributed by atoms with E-state index in [1.165, 1.54) is 5.56 Å². The third-order valence-electron chi connectivity index (χ3n) is 4.50. The van der Waals surface area contributed by atoms with Crippen LogP contribution >= 0.6 is 0 Å². The number of nitrogens with two attached hydrogens (primary N) is 1. The molecule has 0 bridgehead atoms. The summed E-state index contributed by atoms with van der Waals surface area (Å²) in [6.07, 6.45) is 2.94. The first-order chi connectivity index (χ1) is 12.2. The number of para-hydroxylation sites is 1. The Hall–Kier alpha value is -2.88. The summed E-state index contributed by atoms with van der Waals surface area (Å²) in [5.41, 5.74) is 10.4. The molecule has 0 radical (unpaired) electrons. The largest absolute Gasteiger partial charge is 0.370 e. The third kappa shape index (κ3) is 4.15. The summed E-state index contributed by atoms with van der Waals surface area (Å²) >= 11 is 0. The van der Waals surface area contributed by atoms with E-state index in [2.05, 4.69) is 53.4 Å². The summed E-state index contributed by atoms with van der Waals surface area (Å²) in [7, 11) is 0.